The molecule has 4 rings (SSSR count). The SMILES string of the molecule is CO[C@@H]1O[C@H]2O[C@@]3(CI)[C@@H]1[C@H](C[C@@H]3O)[C@H]2C. The van der Waals surface area contributed by atoms with Crippen molar-refractivity contribution in [3.8, 4) is 0 Å². The fourth-order valence-electron chi connectivity index (χ4n) is 3.63. The summed E-state index contributed by atoms with van der Waals surface area (Å²) < 4.78 is 18.0. The Hall–Kier alpha value is 0.570. The quantitative estimate of drug-likeness (QED) is 0.605. The lowest BCUT2D eigenvalue weighted by Gasteiger charge is -2.55. The summed E-state index contributed by atoms with van der Waals surface area (Å²) >= 11 is 2.30. The van der Waals surface area contributed by atoms with E-state index in [4.69, 9.17) is 14.2 Å². The molecule has 4 aliphatic rings. The molecule has 0 amide bonds. The Bertz CT molecular complexity index is 300. The molecule has 4 nitrogen and oxygen atoms in total. The molecule has 0 aromatic carbocycles. The standard InChI is InChI=1S/C11H17IO4/c1-5-6-3-7(13)11(4-12)8(6)10(14-2)15-9(5)16-11/h5-10,13H,3-4H2,1-2H3/t5-,6-,7+,8-,9+,10-,11-/m1/s1. The van der Waals surface area contributed by atoms with E-state index < -0.39 is 5.60 Å². The van der Waals surface area contributed by atoms with Gasteiger partial charge < -0.3 is 19.3 Å². The van der Waals surface area contributed by atoms with Gasteiger partial charge in [0.1, 0.15) is 5.60 Å². The smallest absolute Gasteiger partial charge is 0.166 e. The normalized spacial score (nSPS) is 59.2. The predicted molar refractivity (Wildman–Crippen MR) is 65.1 cm³/mol. The van der Waals surface area contributed by atoms with Crippen molar-refractivity contribution in [2.24, 2.45) is 17.8 Å². The van der Waals surface area contributed by atoms with Gasteiger partial charge in [0, 0.05) is 23.4 Å². The number of rotatable bonds is 2. The highest BCUT2D eigenvalue weighted by atomic mass is 127. The van der Waals surface area contributed by atoms with Crippen LogP contribution in [0, 0.1) is 17.8 Å². The molecule has 5 heteroatoms. The van der Waals surface area contributed by atoms with E-state index in [1.54, 1.807) is 7.11 Å². The fraction of sp³-hybridized carbons (Fsp3) is 1.00. The predicted octanol–water partition coefficient (Wildman–Crippen LogP) is 1.15. The molecule has 3 heterocycles. The van der Waals surface area contributed by atoms with Crippen LogP contribution in [-0.4, -0.2) is 40.9 Å². The number of aliphatic hydroxyl groups is 1. The number of alkyl halides is 1. The molecule has 7 atom stereocenters. The van der Waals surface area contributed by atoms with E-state index in [9.17, 15) is 5.11 Å². The third kappa shape index (κ3) is 1.24. The minimum absolute atomic E-state index is 0.171. The number of halogens is 1. The third-order valence-electron chi connectivity index (χ3n) is 4.53. The monoisotopic (exact) mass is 340 g/mol. The molecule has 3 aliphatic heterocycles. The second-order valence-corrected chi connectivity index (χ2v) is 5.88. The van der Waals surface area contributed by atoms with Crippen molar-refractivity contribution in [3.05, 3.63) is 0 Å². The Morgan fingerprint density at radius 1 is 1.56 bits per heavy atom. The number of aliphatic hydroxyl groups excluding tert-OH is 1. The number of fused-ring (bicyclic) bond motifs is 1. The molecule has 3 saturated heterocycles. The summed E-state index contributed by atoms with van der Waals surface area (Å²) in [7, 11) is 1.67. The average molecular weight is 340 g/mol. The van der Waals surface area contributed by atoms with Crippen LogP contribution in [-0.2, 0) is 14.2 Å². The van der Waals surface area contributed by atoms with Gasteiger partial charge in [-0.05, 0) is 12.3 Å². The molecule has 0 spiro atoms. The Morgan fingerprint density at radius 3 is 2.94 bits per heavy atom. The van der Waals surface area contributed by atoms with Crippen LogP contribution in [0.15, 0.2) is 0 Å². The summed E-state index contributed by atoms with van der Waals surface area (Å²) in [6.07, 6.45) is 0.00120. The molecule has 1 aliphatic carbocycles. The third-order valence-corrected chi connectivity index (χ3v) is 5.72. The Labute approximate surface area is 109 Å². The van der Waals surface area contributed by atoms with Crippen molar-refractivity contribution in [2.45, 2.75) is 37.6 Å². The second kappa shape index (κ2) is 3.78. The van der Waals surface area contributed by atoms with Crippen LogP contribution >= 0.6 is 22.6 Å². The van der Waals surface area contributed by atoms with E-state index in [1.807, 2.05) is 0 Å². The van der Waals surface area contributed by atoms with Gasteiger partial charge in [-0.2, -0.15) is 0 Å². The molecular weight excluding hydrogens is 323 g/mol. The molecule has 1 N–H and O–H groups in total. The van der Waals surface area contributed by atoms with Crippen molar-refractivity contribution in [1.82, 2.24) is 0 Å². The summed E-state index contributed by atoms with van der Waals surface area (Å²) in [6.45, 7) is 2.14. The summed E-state index contributed by atoms with van der Waals surface area (Å²) in [5.41, 5.74) is -0.443. The zero-order valence-electron chi connectivity index (χ0n) is 9.43. The average Bonchev–Trinajstić information content (AvgIpc) is 2.57. The van der Waals surface area contributed by atoms with Crippen molar-refractivity contribution in [3.63, 3.8) is 0 Å². The maximum atomic E-state index is 10.3. The summed E-state index contributed by atoms with van der Waals surface area (Å²) in [6, 6.07) is 0. The molecule has 0 unspecified atom stereocenters. The van der Waals surface area contributed by atoms with Gasteiger partial charge in [-0.25, -0.2) is 0 Å². The van der Waals surface area contributed by atoms with Crippen LogP contribution in [0.2, 0.25) is 0 Å². The van der Waals surface area contributed by atoms with Gasteiger partial charge in [0.05, 0.1) is 6.10 Å². The number of hydrogen-bond donors (Lipinski definition) is 1. The van der Waals surface area contributed by atoms with Gasteiger partial charge in [0.25, 0.3) is 0 Å². The topological polar surface area (TPSA) is 47.9 Å². The van der Waals surface area contributed by atoms with Gasteiger partial charge in [0.2, 0.25) is 0 Å². The lowest BCUT2D eigenvalue weighted by Crippen LogP contribution is -2.65. The second-order valence-electron chi connectivity index (χ2n) is 5.12. The highest BCUT2D eigenvalue weighted by molar-refractivity contribution is 14.1. The van der Waals surface area contributed by atoms with Crippen LogP contribution in [0.4, 0.5) is 0 Å². The van der Waals surface area contributed by atoms with Crippen LogP contribution in [0.5, 0.6) is 0 Å². The first-order valence-corrected chi connectivity index (χ1v) is 7.26. The number of hydrogen-bond acceptors (Lipinski definition) is 4. The van der Waals surface area contributed by atoms with E-state index >= 15 is 0 Å². The maximum Gasteiger partial charge on any atom is 0.166 e. The van der Waals surface area contributed by atoms with Crippen LogP contribution in [0.1, 0.15) is 13.3 Å². The van der Waals surface area contributed by atoms with Crippen molar-refractivity contribution in [2.75, 3.05) is 11.5 Å². The molecule has 1 saturated carbocycles. The highest BCUT2D eigenvalue weighted by Crippen LogP contribution is 2.58. The first-order chi connectivity index (χ1) is 7.64. The molecule has 4 bridgehead atoms. The van der Waals surface area contributed by atoms with Crippen LogP contribution in [0.3, 0.4) is 0 Å². The zero-order valence-corrected chi connectivity index (χ0v) is 11.6. The zero-order chi connectivity index (χ0) is 11.5. The van der Waals surface area contributed by atoms with Crippen molar-refractivity contribution < 1.29 is 19.3 Å². The molecule has 16 heavy (non-hydrogen) atoms. The van der Waals surface area contributed by atoms with Crippen molar-refractivity contribution in [1.29, 1.82) is 0 Å². The number of ether oxygens (including phenoxy) is 3. The lowest BCUT2D eigenvalue weighted by atomic mass is 9.74. The van der Waals surface area contributed by atoms with Crippen molar-refractivity contribution >= 4 is 22.6 Å². The van der Waals surface area contributed by atoms with E-state index in [0.29, 0.717) is 11.8 Å². The molecule has 0 aromatic rings. The fourth-order valence-corrected chi connectivity index (χ4v) is 4.82. The summed E-state index contributed by atoms with van der Waals surface area (Å²) in [4.78, 5) is 0. The summed E-state index contributed by atoms with van der Waals surface area (Å²) in [5.74, 6) is 0.983. The van der Waals surface area contributed by atoms with E-state index in [1.165, 1.54) is 0 Å². The van der Waals surface area contributed by atoms with E-state index in [2.05, 4.69) is 29.5 Å². The first kappa shape index (κ1) is 11.6. The first-order valence-electron chi connectivity index (χ1n) is 5.74. The van der Waals surface area contributed by atoms with Gasteiger partial charge in [-0.1, -0.05) is 29.5 Å². The van der Waals surface area contributed by atoms with Gasteiger partial charge in [-0.3, -0.25) is 0 Å². The Morgan fingerprint density at radius 2 is 2.31 bits per heavy atom. The molecule has 0 radical (unpaired) electrons. The summed E-state index contributed by atoms with van der Waals surface area (Å²) in [5, 5.41) is 10.3. The molecule has 0 aromatic heterocycles. The molecule has 92 valence electrons. The Balaban J connectivity index is 2.02. The highest BCUT2D eigenvalue weighted by Gasteiger charge is 2.68. The van der Waals surface area contributed by atoms with Crippen LogP contribution in [0.25, 0.3) is 0 Å². The molecule has 4 fully saturated rings. The van der Waals surface area contributed by atoms with Gasteiger partial charge in [0.15, 0.2) is 12.6 Å². The minimum Gasteiger partial charge on any atom is -0.390 e. The van der Waals surface area contributed by atoms with Gasteiger partial charge >= 0.3 is 0 Å². The largest absolute Gasteiger partial charge is 0.390 e. The van der Waals surface area contributed by atoms with E-state index in [0.717, 1.165) is 10.8 Å². The minimum atomic E-state index is -0.443. The lowest BCUT2D eigenvalue weighted by molar-refractivity contribution is -0.403. The number of methoxy groups -OCH3 is 1. The van der Waals surface area contributed by atoms with Gasteiger partial charge in [-0.15, -0.1) is 0 Å². The maximum absolute atomic E-state index is 10.3. The molecular formula is C11H17IO4. The Kier molecular flexibility index (Phi) is 2.75. The van der Waals surface area contributed by atoms with E-state index in [-0.39, 0.29) is 24.6 Å². The van der Waals surface area contributed by atoms with Crippen LogP contribution < -0.4 is 0 Å².